The van der Waals surface area contributed by atoms with Gasteiger partial charge in [-0.3, -0.25) is 9.69 Å². The zero-order valence-electron chi connectivity index (χ0n) is 9.51. The van der Waals surface area contributed by atoms with Crippen LogP contribution in [0.5, 0.6) is 5.75 Å². The molecule has 0 saturated carbocycles. The van der Waals surface area contributed by atoms with Gasteiger partial charge in [0.1, 0.15) is 5.75 Å². The van der Waals surface area contributed by atoms with Crippen LogP contribution >= 0.6 is 0 Å². The van der Waals surface area contributed by atoms with Gasteiger partial charge in [0.2, 0.25) is 0 Å². The van der Waals surface area contributed by atoms with E-state index < -0.39 is 6.09 Å². The molecule has 6 nitrogen and oxygen atoms in total. The molecule has 0 bridgehead atoms. The Morgan fingerprint density at radius 2 is 2.24 bits per heavy atom. The van der Waals surface area contributed by atoms with Crippen molar-refractivity contribution in [3.05, 3.63) is 18.2 Å². The summed E-state index contributed by atoms with van der Waals surface area (Å²) in [4.78, 5) is 24.8. The second kappa shape index (κ2) is 3.97. The Hall–Kier alpha value is -2.24. The van der Waals surface area contributed by atoms with Gasteiger partial charge >= 0.3 is 6.09 Å². The molecule has 1 aliphatic rings. The van der Waals surface area contributed by atoms with Crippen molar-refractivity contribution in [2.24, 2.45) is 0 Å². The summed E-state index contributed by atoms with van der Waals surface area (Å²) in [6, 6.07) is 4.91. The minimum atomic E-state index is -1.06. The predicted octanol–water partition coefficient (Wildman–Crippen LogP) is 1.16. The van der Waals surface area contributed by atoms with Gasteiger partial charge in [-0.1, -0.05) is 0 Å². The van der Waals surface area contributed by atoms with Crippen LogP contribution in [0.1, 0.15) is 0 Å². The van der Waals surface area contributed by atoms with Gasteiger partial charge in [0.05, 0.1) is 5.69 Å². The lowest BCUT2D eigenvalue weighted by atomic mass is 10.2. The van der Waals surface area contributed by atoms with E-state index >= 15 is 0 Å². The number of benzene rings is 1. The molecule has 0 atom stereocenters. The first-order chi connectivity index (χ1) is 8.00. The normalized spacial score (nSPS) is 14.0. The average Bonchev–Trinajstić information content (AvgIpc) is 2.32. The van der Waals surface area contributed by atoms with Crippen LogP contribution in [0.25, 0.3) is 0 Å². The molecule has 1 N–H and O–H groups in total. The van der Waals surface area contributed by atoms with Gasteiger partial charge in [-0.2, -0.15) is 0 Å². The van der Waals surface area contributed by atoms with Crippen LogP contribution in [0.4, 0.5) is 16.2 Å². The lowest BCUT2D eigenvalue weighted by Gasteiger charge is -2.27. The van der Waals surface area contributed by atoms with E-state index in [1.165, 1.54) is 11.9 Å². The van der Waals surface area contributed by atoms with Gasteiger partial charge in [0.25, 0.3) is 5.91 Å². The molecule has 0 saturated heterocycles. The van der Waals surface area contributed by atoms with E-state index in [1.807, 2.05) is 0 Å². The van der Waals surface area contributed by atoms with E-state index in [1.54, 1.807) is 25.2 Å². The van der Waals surface area contributed by atoms with Crippen LogP contribution in [0, 0.1) is 0 Å². The number of carbonyl (C=O) groups is 2. The standard InChI is InChI=1S/C11H12N2O4/c1-12(11(15)16)7-3-4-9-8(5-7)13(2)10(14)6-17-9/h3-5H,6H2,1-2H3,(H,15,16). The molecule has 0 fully saturated rings. The minimum absolute atomic E-state index is 0.0115. The summed E-state index contributed by atoms with van der Waals surface area (Å²) in [5, 5.41) is 8.87. The highest BCUT2D eigenvalue weighted by Gasteiger charge is 2.23. The van der Waals surface area contributed by atoms with Crippen molar-refractivity contribution in [3.63, 3.8) is 0 Å². The maximum absolute atomic E-state index is 11.4. The first kappa shape index (κ1) is 11.3. The van der Waals surface area contributed by atoms with Crippen molar-refractivity contribution in [1.82, 2.24) is 0 Å². The van der Waals surface area contributed by atoms with Crippen molar-refractivity contribution in [3.8, 4) is 5.75 Å². The Morgan fingerprint density at radius 3 is 2.88 bits per heavy atom. The molecule has 0 aromatic heterocycles. The second-order valence-corrected chi connectivity index (χ2v) is 3.74. The van der Waals surface area contributed by atoms with E-state index in [2.05, 4.69) is 0 Å². The first-order valence-electron chi connectivity index (χ1n) is 5.01. The van der Waals surface area contributed by atoms with Crippen molar-refractivity contribution in [2.75, 3.05) is 30.5 Å². The molecule has 6 heteroatoms. The van der Waals surface area contributed by atoms with Gasteiger partial charge in [0, 0.05) is 19.8 Å². The SMILES string of the molecule is CN(C(=O)O)c1ccc2c(c1)N(C)C(=O)CO2. The first-order valence-corrected chi connectivity index (χ1v) is 5.01. The van der Waals surface area contributed by atoms with E-state index in [0.29, 0.717) is 17.1 Å². The Kier molecular flexibility index (Phi) is 2.63. The van der Waals surface area contributed by atoms with Gasteiger partial charge in [-0.25, -0.2) is 4.79 Å². The van der Waals surface area contributed by atoms with Crippen molar-refractivity contribution in [1.29, 1.82) is 0 Å². The molecule has 0 spiro atoms. The molecule has 0 aliphatic carbocycles. The lowest BCUT2D eigenvalue weighted by molar-refractivity contribution is -0.120. The van der Waals surface area contributed by atoms with E-state index in [9.17, 15) is 9.59 Å². The van der Waals surface area contributed by atoms with Crippen LogP contribution in [0.15, 0.2) is 18.2 Å². The predicted molar refractivity (Wildman–Crippen MR) is 61.8 cm³/mol. The molecule has 0 radical (unpaired) electrons. The van der Waals surface area contributed by atoms with E-state index in [0.717, 1.165) is 4.90 Å². The van der Waals surface area contributed by atoms with Crippen LogP contribution in [0.3, 0.4) is 0 Å². The largest absolute Gasteiger partial charge is 0.482 e. The third-order valence-corrected chi connectivity index (χ3v) is 2.70. The van der Waals surface area contributed by atoms with Crippen molar-refractivity contribution < 1.29 is 19.4 Å². The zero-order valence-corrected chi connectivity index (χ0v) is 9.51. The third kappa shape index (κ3) is 1.89. The zero-order chi connectivity index (χ0) is 12.6. The molecule has 1 heterocycles. The Balaban J connectivity index is 2.42. The molecule has 1 aromatic rings. The van der Waals surface area contributed by atoms with E-state index in [4.69, 9.17) is 9.84 Å². The number of rotatable bonds is 1. The number of anilines is 2. The highest BCUT2D eigenvalue weighted by atomic mass is 16.5. The second-order valence-electron chi connectivity index (χ2n) is 3.74. The summed E-state index contributed by atoms with van der Waals surface area (Å²) in [7, 11) is 3.07. The highest BCUT2D eigenvalue weighted by molar-refractivity contribution is 5.98. The van der Waals surface area contributed by atoms with Gasteiger partial charge in [-0.05, 0) is 18.2 Å². The fourth-order valence-corrected chi connectivity index (χ4v) is 1.58. The molecular weight excluding hydrogens is 224 g/mol. The molecular formula is C11H12N2O4. The molecule has 1 aromatic carbocycles. The lowest BCUT2D eigenvalue weighted by Crippen LogP contribution is -2.35. The molecule has 0 unspecified atom stereocenters. The number of likely N-dealkylation sites (N-methyl/N-ethyl adjacent to an activating group) is 1. The maximum atomic E-state index is 11.4. The summed E-state index contributed by atoms with van der Waals surface area (Å²) in [5.74, 6) is 0.419. The van der Waals surface area contributed by atoms with Gasteiger partial charge in [0.15, 0.2) is 6.61 Å². The fraction of sp³-hybridized carbons (Fsp3) is 0.273. The highest BCUT2D eigenvalue weighted by Crippen LogP contribution is 2.34. The Bertz CT molecular complexity index is 486. The van der Waals surface area contributed by atoms with Crippen LogP contribution in [0.2, 0.25) is 0 Å². The average molecular weight is 236 g/mol. The van der Waals surface area contributed by atoms with Crippen LogP contribution < -0.4 is 14.5 Å². The molecule has 2 amide bonds. The summed E-state index contributed by atoms with van der Waals surface area (Å²) >= 11 is 0. The third-order valence-electron chi connectivity index (χ3n) is 2.70. The van der Waals surface area contributed by atoms with Gasteiger partial charge in [-0.15, -0.1) is 0 Å². The fourth-order valence-electron chi connectivity index (χ4n) is 1.58. The number of hydrogen-bond acceptors (Lipinski definition) is 3. The number of ether oxygens (including phenoxy) is 1. The van der Waals surface area contributed by atoms with Crippen molar-refractivity contribution >= 4 is 23.4 Å². The molecule has 17 heavy (non-hydrogen) atoms. The van der Waals surface area contributed by atoms with Crippen LogP contribution in [-0.2, 0) is 4.79 Å². The minimum Gasteiger partial charge on any atom is -0.482 e. The topological polar surface area (TPSA) is 70.1 Å². The number of carbonyl (C=O) groups excluding carboxylic acids is 1. The Labute approximate surface area is 98.0 Å². The maximum Gasteiger partial charge on any atom is 0.411 e. The van der Waals surface area contributed by atoms with Gasteiger partial charge < -0.3 is 14.7 Å². The molecule has 90 valence electrons. The smallest absolute Gasteiger partial charge is 0.411 e. The Morgan fingerprint density at radius 1 is 1.53 bits per heavy atom. The summed E-state index contributed by atoms with van der Waals surface area (Å²) in [5.41, 5.74) is 1.06. The summed E-state index contributed by atoms with van der Waals surface area (Å²) in [6.45, 7) is 0.0115. The summed E-state index contributed by atoms with van der Waals surface area (Å²) in [6.07, 6.45) is -1.06. The quantitative estimate of drug-likeness (QED) is 0.794. The molecule has 1 aliphatic heterocycles. The monoisotopic (exact) mass is 236 g/mol. The summed E-state index contributed by atoms with van der Waals surface area (Å²) < 4.78 is 5.24. The van der Waals surface area contributed by atoms with E-state index in [-0.39, 0.29) is 12.5 Å². The number of fused-ring (bicyclic) bond motifs is 1. The number of nitrogens with zero attached hydrogens (tertiary/aromatic N) is 2. The number of carboxylic acid groups (broad SMARTS) is 1. The molecule has 2 rings (SSSR count). The van der Waals surface area contributed by atoms with Crippen LogP contribution in [-0.4, -0.2) is 37.8 Å². The number of hydrogen-bond donors (Lipinski definition) is 1. The number of amides is 2. The van der Waals surface area contributed by atoms with Crippen molar-refractivity contribution in [2.45, 2.75) is 0 Å².